The standard InChI is InChI=1S/C25H28FN3O2/c1-2-3-4-6-18-8-10-20(11-9-18)25(30)29-16-5-7-21(17-29)24-27-23(28-31-24)19-12-14-22(26)15-13-19/h8-15,21H,2-7,16-17H2,1H3. The summed E-state index contributed by atoms with van der Waals surface area (Å²) in [6, 6.07) is 14.0. The van der Waals surface area contributed by atoms with Gasteiger partial charge in [-0.1, -0.05) is 37.1 Å². The van der Waals surface area contributed by atoms with Crippen LogP contribution in [0, 0.1) is 5.82 Å². The van der Waals surface area contributed by atoms with E-state index in [4.69, 9.17) is 4.52 Å². The van der Waals surface area contributed by atoms with Crippen molar-refractivity contribution in [3.05, 3.63) is 71.4 Å². The van der Waals surface area contributed by atoms with Crippen molar-refractivity contribution in [2.75, 3.05) is 13.1 Å². The number of aryl methyl sites for hydroxylation is 1. The molecule has 3 aromatic rings. The Morgan fingerprint density at radius 2 is 1.90 bits per heavy atom. The van der Waals surface area contributed by atoms with Gasteiger partial charge in [-0.2, -0.15) is 4.98 Å². The molecule has 4 rings (SSSR count). The van der Waals surface area contributed by atoms with Crippen molar-refractivity contribution in [2.24, 2.45) is 0 Å². The summed E-state index contributed by atoms with van der Waals surface area (Å²) in [6.07, 6.45) is 6.46. The van der Waals surface area contributed by atoms with Crippen molar-refractivity contribution in [2.45, 2.75) is 51.4 Å². The normalized spacial score (nSPS) is 16.5. The Bertz CT molecular complexity index is 998. The van der Waals surface area contributed by atoms with Crippen LogP contribution < -0.4 is 0 Å². The van der Waals surface area contributed by atoms with E-state index in [2.05, 4.69) is 29.2 Å². The molecule has 162 valence electrons. The van der Waals surface area contributed by atoms with Crippen LogP contribution >= 0.6 is 0 Å². The molecule has 31 heavy (non-hydrogen) atoms. The molecule has 2 aromatic carbocycles. The highest BCUT2D eigenvalue weighted by Gasteiger charge is 2.29. The lowest BCUT2D eigenvalue weighted by molar-refractivity contribution is 0.0695. The third-order valence-corrected chi connectivity index (χ3v) is 5.87. The van der Waals surface area contributed by atoms with E-state index in [-0.39, 0.29) is 17.6 Å². The molecule has 1 amide bonds. The van der Waals surface area contributed by atoms with E-state index in [1.807, 2.05) is 17.0 Å². The van der Waals surface area contributed by atoms with Gasteiger partial charge in [0.1, 0.15) is 5.82 Å². The van der Waals surface area contributed by atoms with Gasteiger partial charge in [0, 0.05) is 24.2 Å². The van der Waals surface area contributed by atoms with Crippen LogP contribution in [0.15, 0.2) is 53.1 Å². The molecule has 0 N–H and O–H groups in total. The van der Waals surface area contributed by atoms with E-state index in [9.17, 15) is 9.18 Å². The van der Waals surface area contributed by atoms with Crippen LogP contribution in [-0.2, 0) is 6.42 Å². The van der Waals surface area contributed by atoms with Crippen LogP contribution in [0.4, 0.5) is 4.39 Å². The van der Waals surface area contributed by atoms with Gasteiger partial charge >= 0.3 is 0 Å². The summed E-state index contributed by atoms with van der Waals surface area (Å²) in [6.45, 7) is 3.49. The van der Waals surface area contributed by atoms with E-state index in [1.165, 1.54) is 37.0 Å². The van der Waals surface area contributed by atoms with Crippen LogP contribution in [0.1, 0.15) is 66.8 Å². The van der Waals surface area contributed by atoms with Gasteiger partial charge in [0.15, 0.2) is 0 Å². The summed E-state index contributed by atoms with van der Waals surface area (Å²) in [5.74, 6) is 0.721. The zero-order chi connectivity index (χ0) is 21.6. The summed E-state index contributed by atoms with van der Waals surface area (Å²) >= 11 is 0. The van der Waals surface area contributed by atoms with Crippen molar-refractivity contribution < 1.29 is 13.7 Å². The highest BCUT2D eigenvalue weighted by Crippen LogP contribution is 2.28. The minimum absolute atomic E-state index is 0.00714. The van der Waals surface area contributed by atoms with Crippen molar-refractivity contribution in [1.82, 2.24) is 15.0 Å². The highest BCUT2D eigenvalue weighted by atomic mass is 19.1. The predicted octanol–water partition coefficient (Wildman–Crippen LogP) is 5.63. The lowest BCUT2D eigenvalue weighted by atomic mass is 9.97. The Hall–Kier alpha value is -3.02. The lowest BCUT2D eigenvalue weighted by Crippen LogP contribution is -2.39. The Labute approximate surface area is 182 Å². The topological polar surface area (TPSA) is 59.2 Å². The molecule has 0 bridgehead atoms. The van der Waals surface area contributed by atoms with E-state index in [0.717, 1.165) is 31.4 Å². The molecular weight excluding hydrogens is 393 g/mol. The maximum atomic E-state index is 13.1. The number of nitrogens with zero attached hydrogens (tertiary/aromatic N) is 3. The SMILES string of the molecule is CCCCCc1ccc(C(=O)N2CCCC(c3nc(-c4ccc(F)cc4)no3)C2)cc1. The van der Waals surface area contributed by atoms with Crippen molar-refractivity contribution in [3.8, 4) is 11.4 Å². The van der Waals surface area contributed by atoms with Gasteiger partial charge in [0.2, 0.25) is 11.7 Å². The Morgan fingerprint density at radius 3 is 2.65 bits per heavy atom. The average molecular weight is 422 g/mol. The second kappa shape index (κ2) is 9.86. The molecule has 2 heterocycles. The fourth-order valence-corrected chi connectivity index (χ4v) is 4.06. The van der Waals surface area contributed by atoms with Gasteiger partial charge in [-0.25, -0.2) is 4.39 Å². The second-order valence-electron chi connectivity index (χ2n) is 8.21. The van der Waals surface area contributed by atoms with Crippen LogP contribution in [-0.4, -0.2) is 34.0 Å². The number of piperidine rings is 1. The third-order valence-electron chi connectivity index (χ3n) is 5.87. The first-order valence-electron chi connectivity index (χ1n) is 11.1. The fourth-order valence-electron chi connectivity index (χ4n) is 4.06. The summed E-state index contributed by atoms with van der Waals surface area (Å²) in [7, 11) is 0. The number of hydrogen-bond donors (Lipinski definition) is 0. The minimum Gasteiger partial charge on any atom is -0.339 e. The van der Waals surface area contributed by atoms with Crippen LogP contribution in [0.3, 0.4) is 0 Å². The number of carbonyl (C=O) groups is 1. The van der Waals surface area contributed by atoms with Crippen molar-refractivity contribution >= 4 is 5.91 Å². The van der Waals surface area contributed by atoms with Gasteiger partial charge in [-0.05, 0) is 67.6 Å². The molecule has 1 fully saturated rings. The monoisotopic (exact) mass is 421 g/mol. The minimum atomic E-state index is -0.303. The molecule has 5 nitrogen and oxygen atoms in total. The molecule has 1 saturated heterocycles. The first-order valence-corrected chi connectivity index (χ1v) is 11.1. The number of unbranched alkanes of at least 4 members (excludes halogenated alkanes) is 2. The quantitative estimate of drug-likeness (QED) is 0.464. The van der Waals surface area contributed by atoms with Crippen LogP contribution in [0.25, 0.3) is 11.4 Å². The molecule has 0 saturated carbocycles. The van der Waals surface area contributed by atoms with Crippen LogP contribution in [0.5, 0.6) is 0 Å². The number of benzene rings is 2. The zero-order valence-corrected chi connectivity index (χ0v) is 17.9. The van der Waals surface area contributed by atoms with Gasteiger partial charge in [-0.3, -0.25) is 4.79 Å². The molecule has 1 unspecified atom stereocenters. The lowest BCUT2D eigenvalue weighted by Gasteiger charge is -2.31. The number of amides is 1. The fraction of sp³-hybridized carbons (Fsp3) is 0.400. The number of hydrogen-bond acceptors (Lipinski definition) is 4. The first kappa shape index (κ1) is 21.2. The third kappa shape index (κ3) is 5.19. The number of aromatic nitrogens is 2. The Balaban J connectivity index is 1.40. The molecule has 0 radical (unpaired) electrons. The summed E-state index contributed by atoms with van der Waals surface area (Å²) < 4.78 is 18.6. The molecule has 0 aliphatic carbocycles. The molecule has 1 atom stereocenters. The van der Waals surface area contributed by atoms with Crippen LogP contribution in [0.2, 0.25) is 0 Å². The molecule has 1 aromatic heterocycles. The Kier molecular flexibility index (Phi) is 6.75. The number of halogens is 1. The van der Waals surface area contributed by atoms with E-state index >= 15 is 0 Å². The molecule has 1 aliphatic rings. The summed E-state index contributed by atoms with van der Waals surface area (Å²) in [5.41, 5.74) is 2.71. The van der Waals surface area contributed by atoms with E-state index in [1.54, 1.807) is 12.1 Å². The van der Waals surface area contributed by atoms with Gasteiger partial charge in [0.05, 0.1) is 5.92 Å². The van der Waals surface area contributed by atoms with E-state index in [0.29, 0.717) is 23.8 Å². The average Bonchev–Trinajstić information content (AvgIpc) is 3.30. The first-order chi connectivity index (χ1) is 15.1. The molecular formula is C25H28FN3O2. The van der Waals surface area contributed by atoms with Gasteiger partial charge in [-0.15, -0.1) is 0 Å². The largest absolute Gasteiger partial charge is 0.339 e. The highest BCUT2D eigenvalue weighted by molar-refractivity contribution is 5.94. The maximum Gasteiger partial charge on any atom is 0.253 e. The van der Waals surface area contributed by atoms with E-state index < -0.39 is 0 Å². The molecule has 6 heteroatoms. The van der Waals surface area contributed by atoms with Crippen molar-refractivity contribution in [1.29, 1.82) is 0 Å². The summed E-state index contributed by atoms with van der Waals surface area (Å²) in [4.78, 5) is 19.4. The maximum absolute atomic E-state index is 13.1. The Morgan fingerprint density at radius 1 is 1.13 bits per heavy atom. The van der Waals surface area contributed by atoms with Gasteiger partial charge in [0.25, 0.3) is 5.91 Å². The molecule has 1 aliphatic heterocycles. The van der Waals surface area contributed by atoms with Crippen molar-refractivity contribution in [3.63, 3.8) is 0 Å². The number of likely N-dealkylation sites (tertiary alicyclic amines) is 1. The second-order valence-corrected chi connectivity index (χ2v) is 8.21. The number of rotatable bonds is 7. The molecule has 0 spiro atoms. The smallest absolute Gasteiger partial charge is 0.253 e. The zero-order valence-electron chi connectivity index (χ0n) is 17.9. The summed E-state index contributed by atoms with van der Waals surface area (Å²) in [5, 5.41) is 4.05. The number of carbonyl (C=O) groups excluding carboxylic acids is 1. The predicted molar refractivity (Wildman–Crippen MR) is 117 cm³/mol. The van der Waals surface area contributed by atoms with Gasteiger partial charge < -0.3 is 9.42 Å².